The van der Waals surface area contributed by atoms with Crippen molar-refractivity contribution in [2.45, 2.75) is 31.7 Å². The third kappa shape index (κ3) is 1.55. The molecule has 3 unspecified atom stereocenters. The van der Waals surface area contributed by atoms with Crippen molar-refractivity contribution in [3.8, 4) is 0 Å². The molecular formula is C10H14N6O. The smallest absolute Gasteiger partial charge is 0.167 e. The molecule has 1 fully saturated rings. The molecule has 1 saturated heterocycles. The molecule has 4 N–H and O–H groups in total. The number of nitrogen functional groups attached to an aromatic ring is 1. The number of ether oxygens (including phenoxy) is 1. The zero-order chi connectivity index (χ0) is 12.0. The van der Waals surface area contributed by atoms with Crippen LogP contribution in [0.3, 0.4) is 0 Å². The Kier molecular flexibility index (Phi) is 2.23. The highest BCUT2D eigenvalue weighted by Gasteiger charge is 2.32. The second kappa shape index (κ2) is 3.64. The van der Waals surface area contributed by atoms with Gasteiger partial charge in [-0.05, 0) is 13.3 Å². The molecule has 3 rings (SSSR count). The summed E-state index contributed by atoms with van der Waals surface area (Å²) in [7, 11) is 0. The lowest BCUT2D eigenvalue weighted by Gasteiger charge is -2.16. The van der Waals surface area contributed by atoms with Crippen LogP contribution < -0.4 is 11.5 Å². The highest BCUT2D eigenvalue weighted by atomic mass is 16.5. The Morgan fingerprint density at radius 2 is 2.24 bits per heavy atom. The Morgan fingerprint density at radius 3 is 2.94 bits per heavy atom. The van der Waals surface area contributed by atoms with Crippen molar-refractivity contribution in [1.82, 2.24) is 19.5 Å². The lowest BCUT2D eigenvalue weighted by atomic mass is 10.2. The predicted molar refractivity (Wildman–Crippen MR) is 61.9 cm³/mol. The van der Waals surface area contributed by atoms with E-state index < -0.39 is 0 Å². The average molecular weight is 234 g/mol. The molecule has 7 nitrogen and oxygen atoms in total. The SMILES string of the molecule is CC1CC(N)C(n2cnc3c(N)ncnc32)O1. The summed E-state index contributed by atoms with van der Waals surface area (Å²) >= 11 is 0. The van der Waals surface area contributed by atoms with Crippen LogP contribution in [0.5, 0.6) is 0 Å². The molecule has 17 heavy (non-hydrogen) atoms. The number of nitrogens with zero attached hydrogens (tertiary/aromatic N) is 4. The summed E-state index contributed by atoms with van der Waals surface area (Å²) in [6, 6.07) is -0.0569. The van der Waals surface area contributed by atoms with Gasteiger partial charge >= 0.3 is 0 Å². The van der Waals surface area contributed by atoms with E-state index in [1.807, 2.05) is 11.5 Å². The van der Waals surface area contributed by atoms with E-state index in [1.165, 1.54) is 6.33 Å². The molecule has 3 heterocycles. The first-order valence-electron chi connectivity index (χ1n) is 5.51. The molecule has 2 aromatic rings. The molecule has 0 spiro atoms. The molecule has 0 radical (unpaired) electrons. The van der Waals surface area contributed by atoms with Crippen LogP contribution in [0.1, 0.15) is 19.6 Å². The first-order valence-corrected chi connectivity index (χ1v) is 5.51. The maximum Gasteiger partial charge on any atom is 0.167 e. The van der Waals surface area contributed by atoms with E-state index in [0.29, 0.717) is 17.0 Å². The molecule has 3 atom stereocenters. The van der Waals surface area contributed by atoms with E-state index in [9.17, 15) is 0 Å². The molecular weight excluding hydrogens is 220 g/mol. The van der Waals surface area contributed by atoms with Crippen LogP contribution in [0, 0.1) is 0 Å². The zero-order valence-electron chi connectivity index (χ0n) is 9.45. The van der Waals surface area contributed by atoms with Gasteiger partial charge in [0.2, 0.25) is 0 Å². The number of anilines is 1. The molecule has 1 aliphatic rings. The minimum atomic E-state index is -0.232. The van der Waals surface area contributed by atoms with E-state index >= 15 is 0 Å². The molecule has 0 saturated carbocycles. The first-order chi connectivity index (χ1) is 8.16. The van der Waals surface area contributed by atoms with Gasteiger partial charge < -0.3 is 16.2 Å². The number of fused-ring (bicyclic) bond motifs is 1. The van der Waals surface area contributed by atoms with Crippen molar-refractivity contribution in [3.05, 3.63) is 12.7 Å². The standard InChI is InChI=1S/C10H14N6O/c1-5-2-6(11)10(17-5)16-4-15-7-8(12)13-3-14-9(7)16/h3-6,10H,2,11H2,1H3,(H2,12,13,14). The van der Waals surface area contributed by atoms with Gasteiger partial charge in [0, 0.05) is 0 Å². The van der Waals surface area contributed by atoms with Crippen molar-refractivity contribution in [2.75, 3.05) is 5.73 Å². The van der Waals surface area contributed by atoms with Crippen LogP contribution in [0.2, 0.25) is 0 Å². The highest BCUT2D eigenvalue weighted by Crippen LogP contribution is 2.29. The van der Waals surface area contributed by atoms with Gasteiger partial charge in [0.05, 0.1) is 18.5 Å². The fraction of sp³-hybridized carbons (Fsp3) is 0.500. The topological polar surface area (TPSA) is 105 Å². The summed E-state index contributed by atoms with van der Waals surface area (Å²) in [5.41, 5.74) is 13.0. The lowest BCUT2D eigenvalue weighted by Crippen LogP contribution is -2.27. The Morgan fingerprint density at radius 1 is 1.41 bits per heavy atom. The molecule has 7 heteroatoms. The van der Waals surface area contributed by atoms with Gasteiger partial charge in [-0.15, -0.1) is 0 Å². The Labute approximate surface area is 97.8 Å². The summed E-state index contributed by atoms with van der Waals surface area (Å²) in [6.07, 6.45) is 3.80. The monoisotopic (exact) mass is 234 g/mol. The molecule has 0 aliphatic carbocycles. The van der Waals surface area contributed by atoms with E-state index in [4.69, 9.17) is 16.2 Å². The lowest BCUT2D eigenvalue weighted by molar-refractivity contribution is 0.00810. The maximum absolute atomic E-state index is 6.04. The number of rotatable bonds is 1. The molecule has 0 aromatic carbocycles. The predicted octanol–water partition coefficient (Wildman–Crippen LogP) is 0.0432. The van der Waals surface area contributed by atoms with E-state index in [2.05, 4.69) is 15.0 Å². The second-order valence-electron chi connectivity index (χ2n) is 4.32. The van der Waals surface area contributed by atoms with Gasteiger partial charge in [-0.25, -0.2) is 15.0 Å². The van der Waals surface area contributed by atoms with Crippen LogP contribution in [0.15, 0.2) is 12.7 Å². The van der Waals surface area contributed by atoms with Gasteiger partial charge in [-0.2, -0.15) is 0 Å². The average Bonchev–Trinajstić information content (AvgIpc) is 2.83. The Hall–Kier alpha value is -1.73. The summed E-state index contributed by atoms with van der Waals surface area (Å²) in [6.45, 7) is 2.00. The summed E-state index contributed by atoms with van der Waals surface area (Å²) in [5.74, 6) is 0.369. The van der Waals surface area contributed by atoms with Crippen molar-refractivity contribution in [2.24, 2.45) is 5.73 Å². The summed E-state index contributed by atoms with van der Waals surface area (Å²) < 4.78 is 7.58. The van der Waals surface area contributed by atoms with Gasteiger partial charge in [0.25, 0.3) is 0 Å². The van der Waals surface area contributed by atoms with Crippen LogP contribution in [-0.4, -0.2) is 31.7 Å². The second-order valence-corrected chi connectivity index (χ2v) is 4.32. The summed E-state index contributed by atoms with van der Waals surface area (Å²) in [4.78, 5) is 12.3. The Bertz CT molecular complexity index is 553. The number of imidazole rings is 1. The van der Waals surface area contributed by atoms with Crippen molar-refractivity contribution >= 4 is 17.0 Å². The van der Waals surface area contributed by atoms with Crippen LogP contribution in [0.4, 0.5) is 5.82 Å². The normalized spacial score (nSPS) is 28.9. The van der Waals surface area contributed by atoms with Crippen molar-refractivity contribution in [3.63, 3.8) is 0 Å². The fourth-order valence-corrected chi connectivity index (χ4v) is 2.22. The number of hydrogen-bond donors (Lipinski definition) is 2. The van der Waals surface area contributed by atoms with Crippen LogP contribution in [0.25, 0.3) is 11.2 Å². The quantitative estimate of drug-likeness (QED) is 0.722. The Balaban J connectivity index is 2.09. The molecule has 1 aliphatic heterocycles. The minimum Gasteiger partial charge on any atom is -0.382 e. The number of hydrogen-bond acceptors (Lipinski definition) is 6. The third-order valence-corrected chi connectivity index (χ3v) is 3.00. The van der Waals surface area contributed by atoms with Gasteiger partial charge in [0.1, 0.15) is 11.8 Å². The summed E-state index contributed by atoms with van der Waals surface area (Å²) in [5, 5.41) is 0. The van der Waals surface area contributed by atoms with Crippen LogP contribution in [-0.2, 0) is 4.74 Å². The molecule has 0 amide bonds. The van der Waals surface area contributed by atoms with E-state index in [0.717, 1.165) is 6.42 Å². The zero-order valence-corrected chi connectivity index (χ0v) is 9.45. The number of nitrogens with two attached hydrogens (primary N) is 2. The van der Waals surface area contributed by atoms with Crippen molar-refractivity contribution < 1.29 is 4.74 Å². The van der Waals surface area contributed by atoms with E-state index in [-0.39, 0.29) is 18.4 Å². The van der Waals surface area contributed by atoms with Gasteiger partial charge in [-0.3, -0.25) is 4.57 Å². The molecule has 0 bridgehead atoms. The van der Waals surface area contributed by atoms with Gasteiger partial charge in [-0.1, -0.05) is 0 Å². The fourth-order valence-electron chi connectivity index (χ4n) is 2.22. The van der Waals surface area contributed by atoms with Crippen LogP contribution >= 0.6 is 0 Å². The third-order valence-electron chi connectivity index (χ3n) is 3.00. The van der Waals surface area contributed by atoms with E-state index in [1.54, 1.807) is 6.33 Å². The van der Waals surface area contributed by atoms with Crippen molar-refractivity contribution in [1.29, 1.82) is 0 Å². The first kappa shape index (κ1) is 10.4. The maximum atomic E-state index is 6.04. The largest absolute Gasteiger partial charge is 0.382 e. The molecule has 2 aromatic heterocycles. The van der Waals surface area contributed by atoms with Gasteiger partial charge in [0.15, 0.2) is 17.7 Å². The number of aromatic nitrogens is 4. The minimum absolute atomic E-state index is 0.0569. The molecule has 90 valence electrons. The highest BCUT2D eigenvalue weighted by molar-refractivity contribution is 5.81.